The zero-order valence-electron chi connectivity index (χ0n) is 14.6. The Bertz CT molecular complexity index is 987. The van der Waals surface area contributed by atoms with Crippen LogP contribution in [0.15, 0.2) is 47.3 Å². The van der Waals surface area contributed by atoms with Gasteiger partial charge in [-0.25, -0.2) is 9.97 Å². The number of carbonyl (C=O) groups is 1. The third kappa shape index (κ3) is 3.86. The normalized spacial score (nSPS) is 14.6. The summed E-state index contributed by atoms with van der Waals surface area (Å²) in [5, 5.41) is 3.56. The molecule has 138 valence electrons. The van der Waals surface area contributed by atoms with Crippen LogP contribution in [0.4, 0.5) is 0 Å². The number of halogens is 1. The molecule has 0 saturated heterocycles. The number of amides is 1. The summed E-state index contributed by atoms with van der Waals surface area (Å²) < 4.78 is 6.39. The van der Waals surface area contributed by atoms with E-state index in [2.05, 4.69) is 42.3 Å². The topological polar surface area (TPSA) is 77.0 Å². The molecule has 1 amide bonds. The molecule has 1 aromatic carbocycles. The molecule has 8 heteroatoms. The number of ether oxygens (including phenoxy) is 1. The molecule has 2 aromatic heterocycles. The third-order valence-corrected chi connectivity index (χ3v) is 5.85. The average molecular weight is 445 g/mol. The van der Waals surface area contributed by atoms with Gasteiger partial charge in [0.25, 0.3) is 5.91 Å². The van der Waals surface area contributed by atoms with Crippen LogP contribution in [0.2, 0.25) is 0 Å². The second-order valence-electron chi connectivity index (χ2n) is 6.25. The number of hydrogen-bond acceptors (Lipinski definition) is 6. The molecule has 4 rings (SSSR count). The summed E-state index contributed by atoms with van der Waals surface area (Å²) in [4.78, 5) is 26.3. The molecule has 1 N–H and O–H groups in total. The highest BCUT2D eigenvalue weighted by molar-refractivity contribution is 9.10. The summed E-state index contributed by atoms with van der Waals surface area (Å²) in [5.74, 6) is 0.290. The maximum Gasteiger partial charge on any atom is 0.280 e. The first-order chi connectivity index (χ1) is 13.1. The highest BCUT2D eigenvalue weighted by Crippen LogP contribution is 2.46. The van der Waals surface area contributed by atoms with Crippen LogP contribution in [0.3, 0.4) is 0 Å². The predicted molar refractivity (Wildman–Crippen MR) is 107 cm³/mol. The first-order valence-electron chi connectivity index (χ1n) is 8.59. The van der Waals surface area contributed by atoms with Gasteiger partial charge in [0.15, 0.2) is 5.01 Å². The Kier molecular flexibility index (Phi) is 4.92. The molecule has 27 heavy (non-hydrogen) atoms. The second kappa shape index (κ2) is 7.36. The van der Waals surface area contributed by atoms with Gasteiger partial charge in [0.1, 0.15) is 5.69 Å². The van der Waals surface area contributed by atoms with Crippen molar-refractivity contribution in [3.63, 3.8) is 0 Å². The Labute approximate surface area is 169 Å². The maximum atomic E-state index is 12.7. The van der Waals surface area contributed by atoms with E-state index in [0.29, 0.717) is 23.2 Å². The molecule has 1 aliphatic carbocycles. The lowest BCUT2D eigenvalue weighted by molar-refractivity contribution is 0.0930. The fourth-order valence-corrected chi connectivity index (χ4v) is 4.01. The van der Waals surface area contributed by atoms with Crippen LogP contribution in [0, 0.1) is 0 Å². The van der Waals surface area contributed by atoms with Crippen LogP contribution in [-0.2, 0) is 5.54 Å². The number of thiazole rings is 1. The SMILES string of the molecule is CCOc1cncc(-c2cnc(C(=O)NC3(c4cccc(Br)c4)CC3)s2)n1. The molecule has 2 heterocycles. The molecule has 0 atom stereocenters. The molecule has 0 unspecified atom stereocenters. The molecule has 0 aliphatic heterocycles. The van der Waals surface area contributed by atoms with Crippen molar-refractivity contribution in [1.29, 1.82) is 0 Å². The fourth-order valence-electron chi connectivity index (χ4n) is 2.85. The largest absolute Gasteiger partial charge is 0.477 e. The highest BCUT2D eigenvalue weighted by atomic mass is 79.9. The van der Waals surface area contributed by atoms with Gasteiger partial charge in [-0.1, -0.05) is 28.1 Å². The van der Waals surface area contributed by atoms with E-state index in [4.69, 9.17) is 4.74 Å². The van der Waals surface area contributed by atoms with E-state index in [0.717, 1.165) is 27.8 Å². The lowest BCUT2D eigenvalue weighted by Crippen LogP contribution is -2.34. The number of nitrogens with zero attached hydrogens (tertiary/aromatic N) is 3. The molecule has 1 fully saturated rings. The first kappa shape index (κ1) is 18.1. The number of hydrogen-bond donors (Lipinski definition) is 1. The Morgan fingerprint density at radius 2 is 2.19 bits per heavy atom. The van der Waals surface area contributed by atoms with Gasteiger partial charge in [0.05, 0.1) is 29.4 Å². The van der Waals surface area contributed by atoms with Crippen molar-refractivity contribution < 1.29 is 9.53 Å². The monoisotopic (exact) mass is 444 g/mol. The minimum absolute atomic E-state index is 0.169. The summed E-state index contributed by atoms with van der Waals surface area (Å²) in [6, 6.07) is 8.05. The molecule has 3 aromatic rings. The van der Waals surface area contributed by atoms with Crippen molar-refractivity contribution in [3.05, 3.63) is 57.9 Å². The van der Waals surface area contributed by atoms with Crippen molar-refractivity contribution in [3.8, 4) is 16.5 Å². The summed E-state index contributed by atoms with van der Waals surface area (Å²) >= 11 is 4.79. The van der Waals surface area contributed by atoms with Crippen LogP contribution < -0.4 is 10.1 Å². The molecule has 0 radical (unpaired) electrons. The summed E-state index contributed by atoms with van der Waals surface area (Å²) in [6.07, 6.45) is 6.71. The Morgan fingerprint density at radius 1 is 1.33 bits per heavy atom. The van der Waals surface area contributed by atoms with Gasteiger partial charge in [0.2, 0.25) is 5.88 Å². The van der Waals surface area contributed by atoms with Gasteiger partial charge >= 0.3 is 0 Å². The van der Waals surface area contributed by atoms with Gasteiger partial charge in [-0.05, 0) is 37.5 Å². The van der Waals surface area contributed by atoms with Gasteiger partial charge in [-0.2, -0.15) is 0 Å². The minimum Gasteiger partial charge on any atom is -0.477 e. The van der Waals surface area contributed by atoms with Crippen LogP contribution in [0.5, 0.6) is 5.88 Å². The summed E-state index contributed by atoms with van der Waals surface area (Å²) in [5.41, 5.74) is 1.46. The predicted octanol–water partition coefficient (Wildman–Crippen LogP) is 4.18. The van der Waals surface area contributed by atoms with Gasteiger partial charge < -0.3 is 10.1 Å². The van der Waals surface area contributed by atoms with Crippen molar-refractivity contribution in [2.45, 2.75) is 25.3 Å². The van der Waals surface area contributed by atoms with Crippen LogP contribution >= 0.6 is 27.3 Å². The van der Waals surface area contributed by atoms with E-state index in [-0.39, 0.29) is 11.4 Å². The molecular weight excluding hydrogens is 428 g/mol. The number of aromatic nitrogens is 3. The van der Waals surface area contributed by atoms with E-state index < -0.39 is 0 Å². The van der Waals surface area contributed by atoms with Crippen molar-refractivity contribution >= 4 is 33.2 Å². The number of benzene rings is 1. The number of carbonyl (C=O) groups excluding carboxylic acids is 1. The van der Waals surface area contributed by atoms with Crippen molar-refractivity contribution in [2.75, 3.05) is 6.61 Å². The average Bonchev–Trinajstić information content (AvgIpc) is 3.27. The Balaban J connectivity index is 1.52. The third-order valence-electron chi connectivity index (χ3n) is 4.34. The van der Waals surface area contributed by atoms with Crippen LogP contribution in [-0.4, -0.2) is 27.5 Å². The molecule has 1 saturated carbocycles. The van der Waals surface area contributed by atoms with E-state index in [1.165, 1.54) is 11.3 Å². The zero-order chi connectivity index (χ0) is 18.9. The smallest absolute Gasteiger partial charge is 0.280 e. The first-order valence-corrected chi connectivity index (χ1v) is 10.2. The van der Waals surface area contributed by atoms with Crippen molar-refractivity contribution in [1.82, 2.24) is 20.3 Å². The molecule has 1 aliphatic rings. The molecule has 0 spiro atoms. The zero-order valence-corrected chi connectivity index (χ0v) is 17.0. The van der Waals surface area contributed by atoms with Crippen molar-refractivity contribution in [2.24, 2.45) is 0 Å². The van der Waals surface area contributed by atoms with Crippen LogP contribution in [0.1, 0.15) is 35.1 Å². The van der Waals surface area contributed by atoms with E-state index in [9.17, 15) is 4.79 Å². The van der Waals surface area contributed by atoms with Gasteiger partial charge in [-0.3, -0.25) is 9.78 Å². The molecule has 6 nitrogen and oxygen atoms in total. The van der Waals surface area contributed by atoms with Crippen LogP contribution in [0.25, 0.3) is 10.6 Å². The Hall–Kier alpha value is -2.32. The lowest BCUT2D eigenvalue weighted by Gasteiger charge is -2.17. The summed E-state index contributed by atoms with van der Waals surface area (Å²) in [7, 11) is 0. The summed E-state index contributed by atoms with van der Waals surface area (Å²) in [6.45, 7) is 2.41. The quantitative estimate of drug-likeness (QED) is 0.616. The fraction of sp³-hybridized carbons (Fsp3) is 0.263. The standard InChI is InChI=1S/C19H17BrN4O2S/c1-2-26-16-11-21-9-14(23-16)15-10-22-18(27-15)17(25)24-19(6-7-19)12-4-3-5-13(20)8-12/h3-5,8-11H,2,6-7H2,1H3,(H,24,25). The highest BCUT2D eigenvalue weighted by Gasteiger charge is 2.46. The van der Waals surface area contributed by atoms with Gasteiger partial charge in [-0.15, -0.1) is 11.3 Å². The lowest BCUT2D eigenvalue weighted by atomic mass is 10.1. The van der Waals surface area contributed by atoms with Gasteiger partial charge in [0, 0.05) is 10.7 Å². The second-order valence-corrected chi connectivity index (χ2v) is 8.20. The number of nitrogens with one attached hydrogen (secondary N) is 1. The van der Waals surface area contributed by atoms with E-state index in [1.807, 2.05) is 25.1 Å². The van der Waals surface area contributed by atoms with E-state index >= 15 is 0 Å². The van der Waals surface area contributed by atoms with E-state index in [1.54, 1.807) is 18.6 Å². The maximum absolute atomic E-state index is 12.7. The number of rotatable bonds is 6. The Morgan fingerprint density at radius 3 is 2.93 bits per heavy atom. The minimum atomic E-state index is -0.290. The molecular formula is C19H17BrN4O2S. The molecule has 0 bridgehead atoms.